The molecule has 0 radical (unpaired) electrons. The van der Waals surface area contributed by atoms with Crippen LogP contribution in [0.1, 0.15) is 20.7 Å². The molecule has 0 heterocycles. The van der Waals surface area contributed by atoms with Crippen LogP contribution in [0.15, 0.2) is 54.6 Å². The predicted molar refractivity (Wildman–Crippen MR) is 151 cm³/mol. The minimum Gasteiger partial charge on any atom is -0.507 e. The Hall–Kier alpha value is -4.34. The van der Waals surface area contributed by atoms with Gasteiger partial charge in [-0.25, -0.2) is 0 Å². The van der Waals surface area contributed by atoms with Crippen LogP contribution in [0.2, 0.25) is 10.0 Å². The zero-order valence-electron chi connectivity index (χ0n) is 21.3. The molecule has 0 spiro atoms. The Kier molecular flexibility index (Phi) is 8.23. The Balaban J connectivity index is 1.64. The lowest BCUT2D eigenvalue weighted by molar-refractivity contribution is 0.101. The topological polar surface area (TPSA) is 115 Å². The van der Waals surface area contributed by atoms with Crippen LogP contribution in [-0.4, -0.2) is 45.4 Å². The Morgan fingerprint density at radius 1 is 0.641 bits per heavy atom. The van der Waals surface area contributed by atoms with E-state index in [2.05, 4.69) is 10.6 Å². The van der Waals surface area contributed by atoms with Crippen molar-refractivity contribution in [1.82, 2.24) is 0 Å². The highest BCUT2D eigenvalue weighted by Gasteiger charge is 2.19. The van der Waals surface area contributed by atoms with Gasteiger partial charge in [-0.2, -0.15) is 0 Å². The summed E-state index contributed by atoms with van der Waals surface area (Å²) in [5.74, 6) is 0.168. The summed E-state index contributed by atoms with van der Waals surface area (Å²) in [5.41, 5.74) is 0.925. The fourth-order valence-corrected chi connectivity index (χ4v) is 4.39. The molecule has 0 aliphatic rings. The van der Waals surface area contributed by atoms with E-state index in [1.807, 2.05) is 0 Å². The first kappa shape index (κ1) is 27.7. The number of nitrogens with one attached hydrogen (secondary N) is 2. The summed E-state index contributed by atoms with van der Waals surface area (Å²) in [6, 6.07) is 13.9. The van der Waals surface area contributed by atoms with E-state index in [1.165, 1.54) is 58.8 Å². The van der Waals surface area contributed by atoms with E-state index in [0.717, 1.165) is 0 Å². The first-order valence-electron chi connectivity index (χ1n) is 11.4. The van der Waals surface area contributed by atoms with Crippen molar-refractivity contribution in [2.24, 2.45) is 0 Å². The van der Waals surface area contributed by atoms with Gasteiger partial charge in [0.1, 0.15) is 28.7 Å². The highest BCUT2D eigenvalue weighted by Crippen LogP contribution is 2.38. The number of halogens is 2. The minimum absolute atomic E-state index is 0.0161. The monoisotopic (exact) mass is 570 g/mol. The third kappa shape index (κ3) is 5.74. The van der Waals surface area contributed by atoms with E-state index in [-0.39, 0.29) is 22.0 Å². The number of anilines is 2. The maximum Gasteiger partial charge on any atom is 0.259 e. The zero-order chi connectivity index (χ0) is 28.3. The molecule has 0 aliphatic heterocycles. The summed E-state index contributed by atoms with van der Waals surface area (Å²) in [4.78, 5) is 26.2. The average Bonchev–Trinajstić information content (AvgIpc) is 2.92. The molecule has 4 aromatic rings. The predicted octanol–water partition coefficient (Wildman–Crippen LogP) is 6.39. The average molecular weight is 571 g/mol. The molecule has 0 fully saturated rings. The number of carbonyl (C=O) groups is 2. The number of benzene rings is 4. The van der Waals surface area contributed by atoms with Crippen molar-refractivity contribution in [2.45, 2.75) is 0 Å². The molecule has 0 aliphatic carbocycles. The van der Waals surface area contributed by atoms with Gasteiger partial charge in [0.2, 0.25) is 0 Å². The quantitative estimate of drug-likeness (QED) is 0.225. The van der Waals surface area contributed by atoms with Crippen molar-refractivity contribution in [2.75, 3.05) is 39.1 Å². The van der Waals surface area contributed by atoms with E-state index in [4.69, 9.17) is 42.1 Å². The first-order chi connectivity index (χ1) is 18.7. The lowest BCUT2D eigenvalue weighted by Crippen LogP contribution is -2.14. The van der Waals surface area contributed by atoms with E-state index in [9.17, 15) is 14.7 Å². The van der Waals surface area contributed by atoms with Crippen LogP contribution in [0, 0.1) is 0 Å². The molecular weight excluding hydrogens is 547 g/mol. The van der Waals surface area contributed by atoms with Crippen molar-refractivity contribution >= 4 is 57.2 Å². The van der Waals surface area contributed by atoms with Gasteiger partial charge >= 0.3 is 0 Å². The van der Waals surface area contributed by atoms with Crippen LogP contribution in [-0.2, 0) is 0 Å². The zero-order valence-corrected chi connectivity index (χ0v) is 22.9. The molecule has 3 N–H and O–H groups in total. The van der Waals surface area contributed by atoms with Gasteiger partial charge < -0.3 is 34.7 Å². The van der Waals surface area contributed by atoms with E-state index < -0.39 is 11.8 Å². The number of ether oxygens (including phenoxy) is 4. The van der Waals surface area contributed by atoms with E-state index >= 15 is 0 Å². The summed E-state index contributed by atoms with van der Waals surface area (Å²) in [6.07, 6.45) is 0. The van der Waals surface area contributed by atoms with Crippen molar-refractivity contribution in [1.29, 1.82) is 0 Å². The Morgan fingerprint density at radius 2 is 1.15 bits per heavy atom. The number of amides is 2. The molecule has 0 saturated heterocycles. The fourth-order valence-electron chi connectivity index (χ4n) is 3.91. The lowest BCUT2D eigenvalue weighted by atomic mass is 10.0. The molecule has 4 aromatic carbocycles. The van der Waals surface area contributed by atoms with Gasteiger partial charge in [-0.05, 0) is 47.2 Å². The van der Waals surface area contributed by atoms with Gasteiger partial charge in [-0.1, -0.05) is 29.3 Å². The second-order valence-electron chi connectivity index (χ2n) is 8.21. The maximum atomic E-state index is 13.1. The summed E-state index contributed by atoms with van der Waals surface area (Å²) >= 11 is 12.4. The lowest BCUT2D eigenvalue weighted by Gasteiger charge is -2.14. The van der Waals surface area contributed by atoms with Gasteiger partial charge in [0, 0.05) is 17.7 Å². The molecule has 202 valence electrons. The molecule has 9 nitrogen and oxygen atoms in total. The van der Waals surface area contributed by atoms with Crippen LogP contribution in [0.4, 0.5) is 11.4 Å². The number of phenols is 1. The first-order valence-corrected chi connectivity index (χ1v) is 12.2. The van der Waals surface area contributed by atoms with Crippen molar-refractivity contribution < 1.29 is 33.6 Å². The van der Waals surface area contributed by atoms with Gasteiger partial charge in [0.05, 0.1) is 55.4 Å². The summed E-state index contributed by atoms with van der Waals surface area (Å²) in [6.45, 7) is 0. The second-order valence-corrected chi connectivity index (χ2v) is 9.03. The number of phenolic OH excluding ortho intramolecular Hbond substituents is 1. The highest BCUT2D eigenvalue weighted by molar-refractivity contribution is 6.33. The maximum absolute atomic E-state index is 13.1. The van der Waals surface area contributed by atoms with Gasteiger partial charge in [-0.3, -0.25) is 9.59 Å². The standard InChI is InChI=1S/C28H24Cl2N2O7/c1-36-23-12-25(38-3)20(10-18(23)29)31-27(34)15-6-5-14-9-22(33)17(8-16(14)7-15)28(35)32-21-11-19(30)24(37-2)13-26(21)39-4/h5-13,33H,1-4H3,(H,31,34)(H,32,35). The SMILES string of the molecule is COc1cc(OC)c(NC(=O)c2ccc3cc(O)c(C(=O)Nc4cc(Cl)c(OC)cc4OC)cc3c2)cc1Cl. The molecule has 4 rings (SSSR count). The van der Waals surface area contributed by atoms with Crippen LogP contribution in [0.25, 0.3) is 10.8 Å². The largest absolute Gasteiger partial charge is 0.507 e. The van der Waals surface area contributed by atoms with Crippen molar-refractivity contribution in [3.63, 3.8) is 0 Å². The summed E-state index contributed by atoms with van der Waals surface area (Å²) in [7, 11) is 5.84. The molecule has 11 heteroatoms. The number of hydrogen-bond acceptors (Lipinski definition) is 7. The molecule has 39 heavy (non-hydrogen) atoms. The van der Waals surface area contributed by atoms with Gasteiger partial charge in [0.25, 0.3) is 11.8 Å². The smallest absolute Gasteiger partial charge is 0.259 e. The van der Waals surface area contributed by atoms with Crippen LogP contribution < -0.4 is 29.6 Å². The molecule has 0 atom stereocenters. The summed E-state index contributed by atoms with van der Waals surface area (Å²) < 4.78 is 21.0. The number of carbonyl (C=O) groups excluding carboxylic acids is 2. The van der Waals surface area contributed by atoms with E-state index in [1.54, 1.807) is 24.3 Å². The van der Waals surface area contributed by atoms with Gasteiger partial charge in [0.15, 0.2) is 0 Å². The van der Waals surface area contributed by atoms with Crippen molar-refractivity contribution in [3.05, 3.63) is 75.8 Å². The van der Waals surface area contributed by atoms with Crippen molar-refractivity contribution in [3.8, 4) is 28.7 Å². The number of aromatic hydroxyl groups is 1. The molecule has 0 bridgehead atoms. The number of fused-ring (bicyclic) bond motifs is 1. The summed E-state index contributed by atoms with van der Waals surface area (Å²) in [5, 5.41) is 17.8. The van der Waals surface area contributed by atoms with E-state index in [0.29, 0.717) is 50.0 Å². The Bertz CT molecular complexity index is 1590. The second kappa shape index (κ2) is 11.6. The molecule has 0 aromatic heterocycles. The van der Waals surface area contributed by atoms with Gasteiger partial charge in [-0.15, -0.1) is 0 Å². The van der Waals surface area contributed by atoms with Crippen LogP contribution in [0.3, 0.4) is 0 Å². The Morgan fingerprint density at radius 3 is 1.67 bits per heavy atom. The van der Waals surface area contributed by atoms with Crippen LogP contribution >= 0.6 is 23.2 Å². The third-order valence-corrected chi connectivity index (χ3v) is 6.50. The molecular formula is C28H24Cl2N2O7. The van der Waals surface area contributed by atoms with Crippen LogP contribution in [0.5, 0.6) is 28.7 Å². The molecule has 2 amide bonds. The molecule has 0 saturated carbocycles. The number of methoxy groups -OCH3 is 4. The Labute approximate surface area is 234 Å². The highest BCUT2D eigenvalue weighted by atomic mass is 35.5. The number of hydrogen-bond donors (Lipinski definition) is 3. The fraction of sp³-hybridized carbons (Fsp3) is 0.143. The third-order valence-electron chi connectivity index (χ3n) is 5.91. The minimum atomic E-state index is -0.610. The molecule has 0 unspecified atom stereocenters. The number of rotatable bonds is 8. The normalized spacial score (nSPS) is 10.6.